The molecule has 1 amide bonds. The first kappa shape index (κ1) is 13.6. The molecule has 0 radical (unpaired) electrons. The van der Waals surface area contributed by atoms with E-state index in [-0.39, 0.29) is 10.9 Å². The third-order valence-corrected chi connectivity index (χ3v) is 3.09. The van der Waals surface area contributed by atoms with E-state index in [1.54, 1.807) is 12.1 Å². The molecular formula is C15H13ClFNO. The van der Waals surface area contributed by atoms with Crippen LogP contribution in [0.3, 0.4) is 0 Å². The van der Waals surface area contributed by atoms with E-state index in [1.807, 2.05) is 12.1 Å². The Morgan fingerprint density at radius 3 is 2.47 bits per heavy atom. The van der Waals surface area contributed by atoms with Gasteiger partial charge < -0.3 is 5.32 Å². The number of benzene rings is 2. The average molecular weight is 278 g/mol. The summed E-state index contributed by atoms with van der Waals surface area (Å²) in [5.41, 5.74) is 2.19. The molecule has 0 aliphatic carbocycles. The maximum absolute atomic E-state index is 13.0. The van der Waals surface area contributed by atoms with Gasteiger partial charge in [-0.25, -0.2) is 4.39 Å². The summed E-state index contributed by atoms with van der Waals surface area (Å²) < 4.78 is 13.0. The Morgan fingerprint density at radius 2 is 1.89 bits per heavy atom. The number of nitrogens with one attached hydrogen (secondary N) is 1. The lowest BCUT2D eigenvalue weighted by molar-refractivity contribution is 0.102. The van der Waals surface area contributed by atoms with Crippen LogP contribution in [0.5, 0.6) is 0 Å². The first-order valence-electron chi connectivity index (χ1n) is 5.95. The molecule has 1 N–H and O–H groups in total. The van der Waals surface area contributed by atoms with E-state index in [4.69, 9.17) is 11.6 Å². The van der Waals surface area contributed by atoms with Crippen molar-refractivity contribution in [1.29, 1.82) is 0 Å². The van der Waals surface area contributed by atoms with E-state index in [0.717, 1.165) is 6.42 Å². The van der Waals surface area contributed by atoms with Gasteiger partial charge in [-0.15, -0.1) is 0 Å². The summed E-state index contributed by atoms with van der Waals surface area (Å²) in [6.45, 7) is 2.05. The maximum Gasteiger partial charge on any atom is 0.255 e. The van der Waals surface area contributed by atoms with Crippen molar-refractivity contribution >= 4 is 23.2 Å². The van der Waals surface area contributed by atoms with Gasteiger partial charge in [-0.1, -0.05) is 30.7 Å². The van der Waals surface area contributed by atoms with Gasteiger partial charge in [0.15, 0.2) is 0 Å². The molecule has 0 unspecified atom stereocenters. The normalized spacial score (nSPS) is 10.3. The smallest absolute Gasteiger partial charge is 0.255 e. The van der Waals surface area contributed by atoms with Crippen LogP contribution in [0.15, 0.2) is 42.5 Å². The Hall–Kier alpha value is -1.87. The summed E-state index contributed by atoms with van der Waals surface area (Å²) in [7, 11) is 0. The summed E-state index contributed by atoms with van der Waals surface area (Å²) in [4.78, 5) is 12.0. The number of hydrogen-bond donors (Lipinski definition) is 1. The minimum absolute atomic E-state index is 0.0147. The van der Waals surface area contributed by atoms with Crippen molar-refractivity contribution in [3.63, 3.8) is 0 Å². The molecule has 0 aliphatic rings. The molecule has 2 aromatic rings. The second kappa shape index (κ2) is 5.85. The van der Waals surface area contributed by atoms with Gasteiger partial charge in [0.2, 0.25) is 0 Å². The Balaban J connectivity index is 2.13. The van der Waals surface area contributed by atoms with E-state index >= 15 is 0 Å². The predicted molar refractivity (Wildman–Crippen MR) is 75.2 cm³/mol. The van der Waals surface area contributed by atoms with Crippen LogP contribution in [-0.4, -0.2) is 5.91 Å². The molecular weight excluding hydrogens is 265 g/mol. The zero-order valence-corrected chi connectivity index (χ0v) is 11.2. The van der Waals surface area contributed by atoms with Crippen molar-refractivity contribution in [3.05, 3.63) is 64.4 Å². The van der Waals surface area contributed by atoms with Gasteiger partial charge in [-0.2, -0.15) is 0 Å². The van der Waals surface area contributed by atoms with Crippen molar-refractivity contribution in [2.45, 2.75) is 13.3 Å². The van der Waals surface area contributed by atoms with Crippen LogP contribution < -0.4 is 5.32 Å². The molecule has 4 heteroatoms. The van der Waals surface area contributed by atoms with E-state index in [9.17, 15) is 9.18 Å². The maximum atomic E-state index is 13.0. The molecule has 0 heterocycles. The van der Waals surface area contributed by atoms with Gasteiger partial charge in [0.05, 0.1) is 5.02 Å². The van der Waals surface area contributed by atoms with Crippen molar-refractivity contribution < 1.29 is 9.18 Å². The van der Waals surface area contributed by atoms with Crippen LogP contribution in [0.4, 0.5) is 10.1 Å². The fourth-order valence-electron chi connectivity index (χ4n) is 1.67. The van der Waals surface area contributed by atoms with Crippen molar-refractivity contribution in [1.82, 2.24) is 0 Å². The molecule has 98 valence electrons. The number of aryl methyl sites for hydroxylation is 1. The number of halogens is 2. The van der Waals surface area contributed by atoms with Crippen LogP contribution in [0, 0.1) is 5.82 Å². The molecule has 2 nitrogen and oxygen atoms in total. The molecule has 0 aromatic heterocycles. The fourth-order valence-corrected chi connectivity index (χ4v) is 1.85. The molecule has 19 heavy (non-hydrogen) atoms. The number of rotatable bonds is 3. The number of carbonyl (C=O) groups excluding carboxylic acids is 1. The quantitative estimate of drug-likeness (QED) is 0.891. The minimum Gasteiger partial charge on any atom is -0.322 e. The highest BCUT2D eigenvalue weighted by Gasteiger charge is 2.07. The second-order valence-electron chi connectivity index (χ2n) is 4.13. The minimum atomic E-state index is -0.507. The van der Waals surface area contributed by atoms with Gasteiger partial charge in [-0.3, -0.25) is 4.79 Å². The first-order valence-corrected chi connectivity index (χ1v) is 6.33. The molecule has 0 aliphatic heterocycles. The Kier molecular flexibility index (Phi) is 4.17. The highest BCUT2D eigenvalue weighted by Crippen LogP contribution is 2.20. The first-order chi connectivity index (χ1) is 9.10. The molecule has 2 aromatic carbocycles. The van der Waals surface area contributed by atoms with E-state index < -0.39 is 5.82 Å². The SMILES string of the molecule is CCc1ccc(C(=O)Nc2ccc(F)c(Cl)c2)cc1. The van der Waals surface area contributed by atoms with Gasteiger partial charge in [0.1, 0.15) is 5.82 Å². The molecule has 0 saturated carbocycles. The van der Waals surface area contributed by atoms with Crippen LogP contribution in [0.25, 0.3) is 0 Å². The molecule has 0 bridgehead atoms. The predicted octanol–water partition coefficient (Wildman–Crippen LogP) is 4.29. The highest BCUT2D eigenvalue weighted by molar-refractivity contribution is 6.31. The summed E-state index contributed by atoms with van der Waals surface area (Å²) >= 11 is 5.66. The Morgan fingerprint density at radius 1 is 1.21 bits per heavy atom. The van der Waals surface area contributed by atoms with Gasteiger partial charge >= 0.3 is 0 Å². The van der Waals surface area contributed by atoms with E-state index in [0.29, 0.717) is 11.3 Å². The number of amides is 1. The average Bonchev–Trinajstić information content (AvgIpc) is 2.43. The van der Waals surface area contributed by atoms with Gasteiger partial charge in [0.25, 0.3) is 5.91 Å². The lowest BCUT2D eigenvalue weighted by atomic mass is 10.1. The van der Waals surface area contributed by atoms with Gasteiger partial charge in [-0.05, 0) is 42.3 Å². The molecule has 2 rings (SSSR count). The van der Waals surface area contributed by atoms with E-state index in [2.05, 4.69) is 12.2 Å². The summed E-state index contributed by atoms with van der Waals surface area (Å²) in [5.74, 6) is -0.753. The van der Waals surface area contributed by atoms with Crippen LogP contribution in [-0.2, 0) is 6.42 Å². The van der Waals surface area contributed by atoms with Crippen molar-refractivity contribution in [3.8, 4) is 0 Å². The lowest BCUT2D eigenvalue weighted by Crippen LogP contribution is -2.11. The highest BCUT2D eigenvalue weighted by atomic mass is 35.5. The number of carbonyl (C=O) groups is 1. The third kappa shape index (κ3) is 3.32. The zero-order valence-electron chi connectivity index (χ0n) is 10.4. The fraction of sp³-hybridized carbons (Fsp3) is 0.133. The zero-order chi connectivity index (χ0) is 13.8. The molecule has 0 fully saturated rings. The monoisotopic (exact) mass is 277 g/mol. The van der Waals surface area contributed by atoms with Crippen LogP contribution in [0.2, 0.25) is 5.02 Å². The molecule has 0 spiro atoms. The molecule has 0 saturated heterocycles. The number of anilines is 1. The topological polar surface area (TPSA) is 29.1 Å². The Bertz CT molecular complexity index is 596. The van der Waals surface area contributed by atoms with Gasteiger partial charge in [0, 0.05) is 11.3 Å². The van der Waals surface area contributed by atoms with Crippen LogP contribution >= 0.6 is 11.6 Å². The standard InChI is InChI=1S/C15H13ClFNO/c1-2-10-3-5-11(6-4-10)15(19)18-12-7-8-14(17)13(16)9-12/h3-9H,2H2,1H3,(H,18,19). The van der Waals surface area contributed by atoms with Crippen molar-refractivity contribution in [2.24, 2.45) is 0 Å². The lowest BCUT2D eigenvalue weighted by Gasteiger charge is -2.06. The third-order valence-electron chi connectivity index (χ3n) is 2.80. The summed E-state index contributed by atoms with van der Waals surface area (Å²) in [6, 6.07) is 11.4. The van der Waals surface area contributed by atoms with Crippen LogP contribution in [0.1, 0.15) is 22.8 Å². The Labute approximate surface area is 116 Å². The largest absolute Gasteiger partial charge is 0.322 e. The molecule has 0 atom stereocenters. The number of hydrogen-bond acceptors (Lipinski definition) is 1. The van der Waals surface area contributed by atoms with E-state index in [1.165, 1.54) is 23.8 Å². The van der Waals surface area contributed by atoms with Crippen molar-refractivity contribution in [2.75, 3.05) is 5.32 Å². The summed E-state index contributed by atoms with van der Waals surface area (Å²) in [6.07, 6.45) is 0.926. The summed E-state index contributed by atoms with van der Waals surface area (Å²) in [5, 5.41) is 2.66. The second-order valence-corrected chi connectivity index (χ2v) is 4.54.